The number of ether oxygens (including phenoxy) is 1. The standard InChI is InChI=1S/C19H25N3O3S/c1-3-5-6-13-25-15-9-7-14(8-10-15)16(23)11-12-17(24)20-19-22-21-18(4-2)26-19/h7-10H,3-6,11-13H2,1-2H3,(H,20,22,24). The van der Waals surface area contributed by atoms with Gasteiger partial charge in [-0.3, -0.25) is 9.59 Å². The van der Waals surface area contributed by atoms with Crippen LogP contribution in [-0.4, -0.2) is 28.5 Å². The van der Waals surface area contributed by atoms with E-state index in [0.29, 0.717) is 17.3 Å². The highest BCUT2D eigenvalue weighted by Gasteiger charge is 2.11. The molecule has 6 nitrogen and oxygen atoms in total. The summed E-state index contributed by atoms with van der Waals surface area (Å²) >= 11 is 1.35. The molecule has 0 aliphatic heterocycles. The van der Waals surface area contributed by atoms with Crippen LogP contribution in [0.5, 0.6) is 5.75 Å². The lowest BCUT2D eigenvalue weighted by atomic mass is 10.1. The van der Waals surface area contributed by atoms with Crippen molar-refractivity contribution >= 4 is 28.2 Å². The molecule has 1 aromatic heterocycles. The zero-order valence-corrected chi connectivity index (χ0v) is 16.1. The first kappa shape index (κ1) is 20.0. The molecule has 2 aromatic rings. The van der Waals surface area contributed by atoms with Crippen molar-refractivity contribution in [2.45, 2.75) is 52.4 Å². The van der Waals surface area contributed by atoms with Gasteiger partial charge in [0.15, 0.2) is 5.78 Å². The molecule has 26 heavy (non-hydrogen) atoms. The average molecular weight is 375 g/mol. The number of hydrogen-bond acceptors (Lipinski definition) is 6. The van der Waals surface area contributed by atoms with Gasteiger partial charge < -0.3 is 10.1 Å². The van der Waals surface area contributed by atoms with E-state index in [-0.39, 0.29) is 24.5 Å². The van der Waals surface area contributed by atoms with Crippen molar-refractivity contribution in [2.75, 3.05) is 11.9 Å². The number of amides is 1. The molecular weight excluding hydrogens is 350 g/mol. The zero-order valence-electron chi connectivity index (χ0n) is 15.3. The van der Waals surface area contributed by atoms with Crippen LogP contribution in [0.15, 0.2) is 24.3 Å². The Balaban J connectivity index is 1.75. The SMILES string of the molecule is CCCCCOc1ccc(C(=O)CCC(=O)Nc2nnc(CC)s2)cc1. The van der Waals surface area contributed by atoms with Crippen LogP contribution < -0.4 is 10.1 Å². The summed E-state index contributed by atoms with van der Waals surface area (Å²) in [5.41, 5.74) is 0.586. The van der Waals surface area contributed by atoms with Crippen LogP contribution >= 0.6 is 11.3 Å². The Morgan fingerprint density at radius 3 is 2.50 bits per heavy atom. The smallest absolute Gasteiger partial charge is 0.226 e. The maximum Gasteiger partial charge on any atom is 0.226 e. The molecule has 0 saturated heterocycles. The maximum absolute atomic E-state index is 12.2. The van der Waals surface area contributed by atoms with E-state index in [1.165, 1.54) is 11.3 Å². The molecule has 0 aliphatic rings. The number of nitrogens with one attached hydrogen (secondary N) is 1. The van der Waals surface area contributed by atoms with E-state index in [9.17, 15) is 9.59 Å². The molecule has 2 rings (SSSR count). The Morgan fingerprint density at radius 2 is 1.85 bits per heavy atom. The van der Waals surface area contributed by atoms with Crippen LogP contribution in [0, 0.1) is 0 Å². The molecule has 0 spiro atoms. The van der Waals surface area contributed by atoms with Gasteiger partial charge in [0, 0.05) is 18.4 Å². The first-order valence-corrected chi connectivity index (χ1v) is 9.82. The van der Waals surface area contributed by atoms with Gasteiger partial charge >= 0.3 is 0 Å². The van der Waals surface area contributed by atoms with Crippen LogP contribution in [0.25, 0.3) is 0 Å². The number of aromatic nitrogens is 2. The number of anilines is 1. The summed E-state index contributed by atoms with van der Waals surface area (Å²) in [5.74, 6) is 0.468. The van der Waals surface area contributed by atoms with E-state index in [1.807, 2.05) is 6.92 Å². The predicted octanol–water partition coefficient (Wildman–Crippen LogP) is 4.27. The van der Waals surface area contributed by atoms with Gasteiger partial charge in [-0.2, -0.15) is 0 Å². The third-order valence-corrected chi connectivity index (χ3v) is 4.77. The van der Waals surface area contributed by atoms with Crippen molar-refractivity contribution < 1.29 is 14.3 Å². The summed E-state index contributed by atoms with van der Waals surface area (Å²) in [7, 11) is 0. The van der Waals surface area contributed by atoms with E-state index in [0.717, 1.165) is 36.4 Å². The second kappa shape index (κ2) is 10.7. The molecule has 0 saturated carbocycles. The number of hydrogen-bond donors (Lipinski definition) is 1. The average Bonchev–Trinajstić information content (AvgIpc) is 3.11. The quantitative estimate of drug-likeness (QED) is 0.468. The van der Waals surface area contributed by atoms with Crippen molar-refractivity contribution in [1.29, 1.82) is 0 Å². The number of nitrogens with zero attached hydrogens (tertiary/aromatic N) is 2. The minimum absolute atomic E-state index is 0.0656. The topological polar surface area (TPSA) is 81.2 Å². The van der Waals surface area contributed by atoms with Gasteiger partial charge in [0.1, 0.15) is 10.8 Å². The second-order valence-electron chi connectivity index (χ2n) is 5.91. The molecule has 1 aromatic carbocycles. The van der Waals surface area contributed by atoms with Gasteiger partial charge in [0.05, 0.1) is 6.61 Å². The van der Waals surface area contributed by atoms with Crippen molar-refractivity contribution in [2.24, 2.45) is 0 Å². The molecule has 1 amide bonds. The fraction of sp³-hybridized carbons (Fsp3) is 0.474. The molecule has 140 valence electrons. The van der Waals surface area contributed by atoms with Crippen LogP contribution in [-0.2, 0) is 11.2 Å². The molecule has 0 atom stereocenters. The van der Waals surface area contributed by atoms with E-state index in [1.54, 1.807) is 24.3 Å². The predicted molar refractivity (Wildman–Crippen MR) is 103 cm³/mol. The number of carbonyl (C=O) groups excluding carboxylic acids is 2. The Bertz CT molecular complexity index is 713. The first-order chi connectivity index (χ1) is 12.6. The largest absolute Gasteiger partial charge is 0.494 e. The number of ketones is 1. The number of unbranched alkanes of at least 4 members (excludes halogenated alkanes) is 2. The van der Waals surface area contributed by atoms with E-state index >= 15 is 0 Å². The highest BCUT2D eigenvalue weighted by molar-refractivity contribution is 7.15. The zero-order chi connectivity index (χ0) is 18.8. The van der Waals surface area contributed by atoms with Gasteiger partial charge in [0.25, 0.3) is 0 Å². The summed E-state index contributed by atoms with van der Waals surface area (Å²) in [5, 5.41) is 11.9. The third kappa shape index (κ3) is 6.55. The Morgan fingerprint density at radius 1 is 1.08 bits per heavy atom. The molecular formula is C19H25N3O3S. The van der Waals surface area contributed by atoms with Gasteiger partial charge in [-0.15, -0.1) is 10.2 Å². The summed E-state index contributed by atoms with van der Waals surface area (Å²) in [6.07, 6.45) is 4.39. The first-order valence-electron chi connectivity index (χ1n) is 9.00. The van der Waals surface area contributed by atoms with E-state index in [4.69, 9.17) is 4.74 Å². The molecule has 7 heteroatoms. The minimum atomic E-state index is -0.229. The summed E-state index contributed by atoms with van der Waals surface area (Å²) < 4.78 is 5.63. The van der Waals surface area contributed by atoms with E-state index < -0.39 is 0 Å². The summed E-state index contributed by atoms with van der Waals surface area (Å²) in [4.78, 5) is 24.1. The number of carbonyl (C=O) groups is 2. The van der Waals surface area contributed by atoms with Gasteiger partial charge in [0.2, 0.25) is 11.0 Å². The fourth-order valence-electron chi connectivity index (χ4n) is 2.28. The Labute approximate surface area is 158 Å². The van der Waals surface area contributed by atoms with Crippen molar-refractivity contribution in [1.82, 2.24) is 10.2 Å². The highest BCUT2D eigenvalue weighted by atomic mass is 32.1. The molecule has 0 unspecified atom stereocenters. The summed E-state index contributed by atoms with van der Waals surface area (Å²) in [6.45, 7) is 4.82. The number of Topliss-reactive ketones (excluding diaryl/α,β-unsaturated/α-hetero) is 1. The van der Waals surface area contributed by atoms with Gasteiger partial charge in [-0.25, -0.2) is 0 Å². The van der Waals surface area contributed by atoms with Gasteiger partial charge in [-0.1, -0.05) is 38.0 Å². The molecule has 1 N–H and O–H groups in total. The van der Waals surface area contributed by atoms with Crippen molar-refractivity contribution in [3.63, 3.8) is 0 Å². The van der Waals surface area contributed by atoms with Crippen LogP contribution in [0.3, 0.4) is 0 Å². The number of benzene rings is 1. The van der Waals surface area contributed by atoms with Crippen LogP contribution in [0.2, 0.25) is 0 Å². The molecule has 0 fully saturated rings. The van der Waals surface area contributed by atoms with Gasteiger partial charge in [-0.05, 0) is 37.1 Å². The van der Waals surface area contributed by atoms with E-state index in [2.05, 4.69) is 22.4 Å². The monoisotopic (exact) mass is 375 g/mol. The second-order valence-corrected chi connectivity index (χ2v) is 6.97. The number of aryl methyl sites for hydroxylation is 1. The van der Waals surface area contributed by atoms with Crippen molar-refractivity contribution in [3.8, 4) is 5.75 Å². The third-order valence-electron chi connectivity index (χ3n) is 3.79. The number of rotatable bonds is 11. The summed E-state index contributed by atoms with van der Waals surface area (Å²) in [6, 6.07) is 7.08. The maximum atomic E-state index is 12.2. The molecule has 0 aliphatic carbocycles. The molecule has 0 bridgehead atoms. The molecule has 0 radical (unpaired) electrons. The lowest BCUT2D eigenvalue weighted by molar-refractivity contribution is -0.116. The fourth-order valence-corrected chi connectivity index (χ4v) is 2.97. The lowest BCUT2D eigenvalue weighted by Gasteiger charge is -2.06. The lowest BCUT2D eigenvalue weighted by Crippen LogP contribution is -2.13. The van der Waals surface area contributed by atoms with Crippen LogP contribution in [0.4, 0.5) is 5.13 Å². The minimum Gasteiger partial charge on any atom is -0.494 e. The highest BCUT2D eigenvalue weighted by Crippen LogP contribution is 2.17. The van der Waals surface area contributed by atoms with Crippen molar-refractivity contribution in [3.05, 3.63) is 34.8 Å². The Hall–Kier alpha value is -2.28. The Kier molecular flexibility index (Phi) is 8.21. The molecule has 1 heterocycles. The van der Waals surface area contributed by atoms with Crippen LogP contribution in [0.1, 0.15) is 61.3 Å². The normalized spacial score (nSPS) is 10.5.